The van der Waals surface area contributed by atoms with E-state index in [0.717, 1.165) is 35.5 Å². The second-order valence-corrected chi connectivity index (χ2v) is 9.28. The third kappa shape index (κ3) is 3.59. The molecule has 2 aliphatic heterocycles. The molecule has 0 amide bonds. The largest absolute Gasteiger partial charge is 0.506 e. The number of phenols is 1. The van der Waals surface area contributed by atoms with E-state index in [0.29, 0.717) is 34.9 Å². The number of hydrogen-bond donors (Lipinski definition) is 2. The summed E-state index contributed by atoms with van der Waals surface area (Å²) in [7, 11) is 0. The fraction of sp³-hybridized carbons (Fsp3) is 0.194. The van der Waals surface area contributed by atoms with Crippen molar-refractivity contribution in [3.63, 3.8) is 0 Å². The molecular formula is C31H28N2O4. The number of nitrogens with zero attached hydrogens (tertiary/aromatic N) is 1. The van der Waals surface area contributed by atoms with E-state index >= 15 is 0 Å². The molecule has 2 N–H and O–H groups in total. The summed E-state index contributed by atoms with van der Waals surface area (Å²) in [6, 6.07) is 26.9. The van der Waals surface area contributed by atoms with Gasteiger partial charge < -0.3 is 24.8 Å². The lowest BCUT2D eigenvalue weighted by Gasteiger charge is -2.37. The average Bonchev–Trinajstić information content (AvgIpc) is 3.22. The quantitative estimate of drug-likeness (QED) is 0.239. The third-order valence-electron chi connectivity index (χ3n) is 7.27. The Morgan fingerprint density at radius 1 is 0.838 bits per heavy atom. The molecule has 0 fully saturated rings. The lowest BCUT2D eigenvalue weighted by Crippen LogP contribution is -2.33. The normalized spacial score (nSPS) is 16.9. The monoisotopic (exact) mass is 492 g/mol. The van der Waals surface area contributed by atoms with Crippen LogP contribution in [0.5, 0.6) is 17.2 Å². The van der Waals surface area contributed by atoms with Gasteiger partial charge in [0.15, 0.2) is 5.60 Å². The van der Waals surface area contributed by atoms with E-state index < -0.39 is 5.60 Å². The van der Waals surface area contributed by atoms with Crippen LogP contribution in [0, 0.1) is 0 Å². The Bertz CT molecular complexity index is 1500. The first-order valence-corrected chi connectivity index (χ1v) is 12.6. The molecule has 0 saturated carbocycles. The van der Waals surface area contributed by atoms with Crippen LogP contribution in [0.1, 0.15) is 46.5 Å². The highest BCUT2D eigenvalue weighted by atomic mass is 16.6. The maximum Gasteiger partial charge on any atom is 0.340 e. The van der Waals surface area contributed by atoms with Crippen LogP contribution < -0.4 is 15.0 Å². The van der Waals surface area contributed by atoms with E-state index in [4.69, 9.17) is 9.47 Å². The van der Waals surface area contributed by atoms with Gasteiger partial charge in [0.1, 0.15) is 17.2 Å². The summed E-state index contributed by atoms with van der Waals surface area (Å²) >= 11 is 0. The number of rotatable bonds is 6. The van der Waals surface area contributed by atoms with Crippen molar-refractivity contribution in [2.75, 3.05) is 23.3 Å². The molecule has 2 heterocycles. The summed E-state index contributed by atoms with van der Waals surface area (Å²) in [5.74, 6) is 0.738. The molecule has 186 valence electrons. The zero-order chi connectivity index (χ0) is 25.6. The maximum atomic E-state index is 13.2. The Morgan fingerprint density at radius 3 is 2.35 bits per heavy atom. The molecule has 2 aliphatic rings. The molecule has 6 heteroatoms. The molecule has 0 aromatic heterocycles. The van der Waals surface area contributed by atoms with E-state index in [-0.39, 0.29) is 11.7 Å². The summed E-state index contributed by atoms with van der Waals surface area (Å²) in [6.07, 6.45) is 0. The van der Waals surface area contributed by atoms with Crippen LogP contribution in [0.25, 0.3) is 0 Å². The molecule has 0 aliphatic carbocycles. The molecule has 4 aromatic rings. The van der Waals surface area contributed by atoms with Crippen molar-refractivity contribution in [1.29, 1.82) is 0 Å². The van der Waals surface area contributed by atoms with Crippen LogP contribution in [0.15, 0.2) is 84.9 Å². The number of esters is 1. The molecule has 6 nitrogen and oxygen atoms in total. The Morgan fingerprint density at radius 2 is 1.57 bits per heavy atom. The predicted octanol–water partition coefficient (Wildman–Crippen LogP) is 6.42. The highest BCUT2D eigenvalue weighted by molar-refractivity contribution is 5.97. The molecular weight excluding hydrogens is 464 g/mol. The van der Waals surface area contributed by atoms with Crippen LogP contribution in [-0.2, 0) is 16.9 Å². The van der Waals surface area contributed by atoms with Gasteiger partial charge in [-0.3, -0.25) is 0 Å². The van der Waals surface area contributed by atoms with Crippen molar-refractivity contribution in [2.24, 2.45) is 0 Å². The minimum Gasteiger partial charge on any atom is -0.506 e. The highest BCUT2D eigenvalue weighted by Crippen LogP contribution is 2.57. The summed E-state index contributed by atoms with van der Waals surface area (Å²) in [4.78, 5) is 15.4. The number of aromatic hydroxyl groups is 1. The lowest BCUT2D eigenvalue weighted by molar-refractivity contribution is 0.0224. The lowest BCUT2D eigenvalue weighted by atomic mass is 9.77. The summed E-state index contributed by atoms with van der Waals surface area (Å²) in [6.45, 7) is 6.45. The van der Waals surface area contributed by atoms with E-state index in [9.17, 15) is 9.90 Å². The fourth-order valence-corrected chi connectivity index (χ4v) is 5.42. The number of fused-ring (bicyclic) bond motifs is 6. The molecule has 4 aromatic carbocycles. The minimum atomic E-state index is -1.19. The van der Waals surface area contributed by atoms with Crippen LogP contribution in [0.2, 0.25) is 0 Å². The number of hydrogen-bond acceptors (Lipinski definition) is 6. The van der Waals surface area contributed by atoms with Crippen molar-refractivity contribution in [2.45, 2.75) is 26.0 Å². The smallest absolute Gasteiger partial charge is 0.340 e. The average molecular weight is 493 g/mol. The standard InChI is InChI=1S/C31H28N2O4/c1-3-33(4-2)21-14-15-24-28(16-21)36-29-18-27(34)26(32-19-20-10-6-5-7-11-20)17-25(29)31(24)23-13-9-8-12-22(23)30(35)37-31/h5-18,32,34H,3-4,19H2,1-2H3. The molecule has 0 saturated heterocycles. The molecule has 1 spiro atoms. The number of ether oxygens (including phenoxy) is 2. The van der Waals surface area contributed by atoms with Gasteiger partial charge >= 0.3 is 5.97 Å². The van der Waals surface area contributed by atoms with Gasteiger partial charge in [-0.25, -0.2) is 4.79 Å². The van der Waals surface area contributed by atoms with Gasteiger partial charge in [-0.1, -0.05) is 48.5 Å². The molecule has 6 rings (SSSR count). The summed E-state index contributed by atoms with van der Waals surface area (Å²) in [5.41, 5.74) is 4.17. The number of nitrogens with one attached hydrogen (secondary N) is 1. The van der Waals surface area contributed by atoms with Crippen LogP contribution in [0.4, 0.5) is 11.4 Å². The number of carbonyl (C=O) groups excluding carboxylic acids is 1. The molecule has 1 atom stereocenters. The number of phenolic OH excluding ortho intramolecular Hbond substituents is 1. The molecule has 0 bridgehead atoms. The topological polar surface area (TPSA) is 71.0 Å². The molecule has 37 heavy (non-hydrogen) atoms. The van der Waals surface area contributed by atoms with E-state index in [1.807, 2.05) is 72.8 Å². The van der Waals surface area contributed by atoms with Gasteiger partial charge in [0.05, 0.1) is 11.3 Å². The SMILES string of the molecule is CCN(CC)c1ccc2c(c1)Oc1cc(O)c(NCc3ccccc3)cc1C21OC(=O)c2ccccc21. The first kappa shape index (κ1) is 23.0. The second kappa shape index (κ2) is 8.89. The third-order valence-corrected chi connectivity index (χ3v) is 7.27. The predicted molar refractivity (Wildman–Crippen MR) is 144 cm³/mol. The van der Waals surface area contributed by atoms with Gasteiger partial charge in [-0.2, -0.15) is 0 Å². The van der Waals surface area contributed by atoms with E-state index in [1.54, 1.807) is 12.1 Å². The Balaban J connectivity index is 1.52. The first-order chi connectivity index (χ1) is 18.0. The summed E-state index contributed by atoms with van der Waals surface area (Å²) in [5, 5.41) is 14.3. The van der Waals surface area contributed by atoms with Gasteiger partial charge in [0, 0.05) is 54.1 Å². The van der Waals surface area contributed by atoms with Gasteiger partial charge in [-0.15, -0.1) is 0 Å². The Labute approximate surface area is 216 Å². The zero-order valence-corrected chi connectivity index (χ0v) is 20.8. The zero-order valence-electron chi connectivity index (χ0n) is 20.8. The Hall–Kier alpha value is -4.45. The van der Waals surface area contributed by atoms with Crippen molar-refractivity contribution in [3.05, 3.63) is 113 Å². The fourth-order valence-electron chi connectivity index (χ4n) is 5.42. The van der Waals surface area contributed by atoms with Crippen LogP contribution in [-0.4, -0.2) is 24.2 Å². The van der Waals surface area contributed by atoms with Gasteiger partial charge in [-0.05, 0) is 43.7 Å². The van der Waals surface area contributed by atoms with E-state index in [2.05, 4.69) is 24.1 Å². The summed E-state index contributed by atoms with van der Waals surface area (Å²) < 4.78 is 12.7. The van der Waals surface area contributed by atoms with Crippen molar-refractivity contribution in [3.8, 4) is 17.2 Å². The van der Waals surface area contributed by atoms with Crippen molar-refractivity contribution >= 4 is 17.3 Å². The van der Waals surface area contributed by atoms with Crippen LogP contribution >= 0.6 is 0 Å². The second-order valence-electron chi connectivity index (χ2n) is 9.28. The molecule has 1 unspecified atom stereocenters. The number of carbonyl (C=O) groups is 1. The highest BCUT2D eigenvalue weighted by Gasteiger charge is 2.53. The van der Waals surface area contributed by atoms with Crippen LogP contribution in [0.3, 0.4) is 0 Å². The minimum absolute atomic E-state index is 0.0609. The number of anilines is 2. The first-order valence-electron chi connectivity index (χ1n) is 12.6. The van der Waals surface area contributed by atoms with Gasteiger partial charge in [0.25, 0.3) is 0 Å². The Kier molecular flexibility index (Phi) is 5.52. The molecule has 0 radical (unpaired) electrons. The maximum absolute atomic E-state index is 13.2. The van der Waals surface area contributed by atoms with Gasteiger partial charge in [0.2, 0.25) is 0 Å². The number of benzene rings is 4. The van der Waals surface area contributed by atoms with E-state index in [1.165, 1.54) is 0 Å². The van der Waals surface area contributed by atoms with Crippen molar-refractivity contribution < 1.29 is 19.4 Å². The van der Waals surface area contributed by atoms with Crippen molar-refractivity contribution in [1.82, 2.24) is 0 Å².